The summed E-state index contributed by atoms with van der Waals surface area (Å²) in [6.45, 7) is 0. The Morgan fingerprint density at radius 3 is 1.79 bits per heavy atom. The highest BCUT2D eigenvalue weighted by Crippen LogP contribution is 2.46. The molecule has 0 N–H and O–H groups in total. The van der Waals surface area contributed by atoms with Gasteiger partial charge in [0.15, 0.2) is 17.5 Å². The SMILES string of the molecule is c1ccc(-c2nc(-c3ccccc3)nc(-c3cccc4oc5c(-c6ccccc6)cc(-n6c7ccccc7c7ccc8c9ccccc9sc8c76)cc5c34)n2)cc1. The largest absolute Gasteiger partial charge is 0.455 e. The lowest BCUT2D eigenvalue weighted by atomic mass is 9.99. The first-order chi connectivity index (χ1) is 28.3. The fraction of sp³-hybridized carbons (Fsp3) is 0. The first-order valence-electron chi connectivity index (χ1n) is 19.0. The zero-order valence-electron chi connectivity index (χ0n) is 30.4. The van der Waals surface area contributed by atoms with Crippen LogP contribution in [0.4, 0.5) is 0 Å². The van der Waals surface area contributed by atoms with Gasteiger partial charge in [-0.05, 0) is 35.9 Å². The van der Waals surface area contributed by atoms with Crippen molar-refractivity contribution in [3.05, 3.63) is 182 Å². The van der Waals surface area contributed by atoms with Crippen LogP contribution in [0, 0.1) is 0 Å². The molecule has 0 fully saturated rings. The van der Waals surface area contributed by atoms with Crippen LogP contribution in [0.5, 0.6) is 0 Å². The van der Waals surface area contributed by atoms with Crippen molar-refractivity contribution in [1.29, 1.82) is 0 Å². The maximum atomic E-state index is 6.91. The van der Waals surface area contributed by atoms with E-state index in [2.05, 4.69) is 114 Å². The predicted octanol–water partition coefficient (Wildman–Crippen LogP) is 13.9. The van der Waals surface area contributed by atoms with Crippen molar-refractivity contribution < 1.29 is 4.42 Å². The molecule has 0 atom stereocenters. The van der Waals surface area contributed by atoms with E-state index in [4.69, 9.17) is 19.4 Å². The van der Waals surface area contributed by atoms with Crippen LogP contribution in [0.2, 0.25) is 0 Å². The molecule has 57 heavy (non-hydrogen) atoms. The van der Waals surface area contributed by atoms with Gasteiger partial charge >= 0.3 is 0 Å². The van der Waals surface area contributed by atoms with E-state index in [-0.39, 0.29) is 0 Å². The Bertz CT molecular complexity index is 3460. The van der Waals surface area contributed by atoms with Crippen molar-refractivity contribution in [3.63, 3.8) is 0 Å². The van der Waals surface area contributed by atoms with Crippen LogP contribution in [-0.4, -0.2) is 19.5 Å². The number of benzene rings is 8. The van der Waals surface area contributed by atoms with Crippen LogP contribution in [-0.2, 0) is 0 Å². The molecular weight excluding hydrogens is 717 g/mol. The van der Waals surface area contributed by atoms with E-state index in [9.17, 15) is 0 Å². The van der Waals surface area contributed by atoms with Crippen molar-refractivity contribution in [2.75, 3.05) is 0 Å². The molecule has 0 radical (unpaired) electrons. The van der Waals surface area contributed by atoms with E-state index in [1.54, 1.807) is 0 Å². The average Bonchev–Trinajstić information content (AvgIpc) is 3.97. The van der Waals surface area contributed by atoms with Gasteiger partial charge in [0.05, 0.1) is 15.7 Å². The highest BCUT2D eigenvalue weighted by Gasteiger charge is 2.23. The van der Waals surface area contributed by atoms with E-state index < -0.39 is 0 Å². The van der Waals surface area contributed by atoms with Crippen LogP contribution >= 0.6 is 11.3 Å². The zero-order valence-corrected chi connectivity index (χ0v) is 31.2. The number of hydrogen-bond donors (Lipinski definition) is 0. The summed E-state index contributed by atoms with van der Waals surface area (Å²) in [6.07, 6.45) is 0. The Kier molecular flexibility index (Phi) is 7.03. The molecule has 12 aromatic rings. The lowest BCUT2D eigenvalue weighted by Crippen LogP contribution is -2.00. The summed E-state index contributed by atoms with van der Waals surface area (Å²) in [5.41, 5.74) is 9.84. The van der Waals surface area contributed by atoms with Gasteiger partial charge < -0.3 is 8.98 Å². The third-order valence-corrected chi connectivity index (χ3v) is 12.2. The summed E-state index contributed by atoms with van der Waals surface area (Å²) in [7, 11) is 0. The summed E-state index contributed by atoms with van der Waals surface area (Å²) in [5.74, 6) is 1.83. The normalized spacial score (nSPS) is 11.9. The van der Waals surface area contributed by atoms with Crippen molar-refractivity contribution in [1.82, 2.24) is 19.5 Å². The van der Waals surface area contributed by atoms with Gasteiger partial charge in [-0.1, -0.05) is 152 Å². The first-order valence-corrected chi connectivity index (χ1v) is 19.8. The summed E-state index contributed by atoms with van der Waals surface area (Å²) in [6, 6.07) is 63.6. The Labute approximate surface area is 330 Å². The Morgan fingerprint density at radius 2 is 1.05 bits per heavy atom. The second-order valence-electron chi connectivity index (χ2n) is 14.3. The van der Waals surface area contributed by atoms with Crippen LogP contribution in [0.25, 0.3) is 115 Å². The molecule has 0 aliphatic carbocycles. The Hall–Kier alpha value is -7.41. The fourth-order valence-electron chi connectivity index (χ4n) is 8.49. The minimum atomic E-state index is 0.589. The molecule has 266 valence electrons. The van der Waals surface area contributed by atoms with Gasteiger partial charge in [0, 0.05) is 65.0 Å². The molecule has 0 saturated carbocycles. The standard InChI is InChI=1S/C51H30N4OS/c1-4-15-31(16-5-1)40-29-34(55-42-24-12-10-21-35(42)37-27-28-38-36-22-11-13-26-44(36)57-48(38)46(37)55)30-41-45-39(23-14-25-43(45)56-47(40)41)51-53-49(32-17-6-2-7-18-32)52-50(54-51)33-19-8-3-9-20-33/h1-30H. The maximum Gasteiger partial charge on any atom is 0.164 e. The van der Waals surface area contributed by atoms with Crippen molar-refractivity contribution in [3.8, 4) is 51.0 Å². The number of thiophene rings is 1. The highest BCUT2D eigenvalue weighted by molar-refractivity contribution is 7.26. The van der Waals surface area contributed by atoms with Gasteiger partial charge in [0.25, 0.3) is 0 Å². The summed E-state index contributed by atoms with van der Waals surface area (Å²) in [5, 5.41) is 6.96. The Balaban J connectivity index is 1.20. The highest BCUT2D eigenvalue weighted by atomic mass is 32.1. The smallest absolute Gasteiger partial charge is 0.164 e. The minimum Gasteiger partial charge on any atom is -0.455 e. The topological polar surface area (TPSA) is 56.7 Å². The van der Waals surface area contributed by atoms with Crippen LogP contribution < -0.4 is 0 Å². The monoisotopic (exact) mass is 746 g/mol. The molecule has 8 aromatic carbocycles. The minimum absolute atomic E-state index is 0.589. The second-order valence-corrected chi connectivity index (χ2v) is 15.4. The van der Waals surface area contributed by atoms with E-state index in [1.165, 1.54) is 36.5 Å². The van der Waals surface area contributed by atoms with E-state index >= 15 is 0 Å². The lowest BCUT2D eigenvalue weighted by molar-refractivity contribution is 0.670. The maximum absolute atomic E-state index is 6.91. The number of hydrogen-bond acceptors (Lipinski definition) is 5. The molecule has 4 heterocycles. The van der Waals surface area contributed by atoms with Gasteiger partial charge in [0.2, 0.25) is 0 Å². The molecule has 0 spiro atoms. The molecule has 5 nitrogen and oxygen atoms in total. The average molecular weight is 747 g/mol. The number of furan rings is 1. The Morgan fingerprint density at radius 1 is 0.439 bits per heavy atom. The molecule has 0 saturated heterocycles. The molecule has 0 bridgehead atoms. The van der Waals surface area contributed by atoms with Gasteiger partial charge in [-0.25, -0.2) is 15.0 Å². The fourth-order valence-corrected chi connectivity index (χ4v) is 9.73. The van der Waals surface area contributed by atoms with Crippen molar-refractivity contribution >= 4 is 75.3 Å². The molecule has 0 unspecified atom stereocenters. The van der Waals surface area contributed by atoms with E-state index in [0.717, 1.165) is 61.0 Å². The van der Waals surface area contributed by atoms with Gasteiger partial charge in [0.1, 0.15) is 11.2 Å². The zero-order chi connectivity index (χ0) is 37.5. The third kappa shape index (κ3) is 4.98. The first kappa shape index (κ1) is 31.9. The van der Waals surface area contributed by atoms with E-state index in [0.29, 0.717) is 17.5 Å². The van der Waals surface area contributed by atoms with Gasteiger partial charge in [-0.15, -0.1) is 11.3 Å². The number of aromatic nitrogens is 4. The van der Waals surface area contributed by atoms with Crippen LogP contribution in [0.3, 0.4) is 0 Å². The molecule has 6 heteroatoms. The molecule has 0 amide bonds. The van der Waals surface area contributed by atoms with E-state index in [1.807, 2.05) is 84.1 Å². The predicted molar refractivity (Wildman–Crippen MR) is 236 cm³/mol. The van der Waals surface area contributed by atoms with Gasteiger partial charge in [-0.2, -0.15) is 0 Å². The summed E-state index contributed by atoms with van der Waals surface area (Å²) in [4.78, 5) is 15.3. The van der Waals surface area contributed by atoms with Crippen molar-refractivity contribution in [2.24, 2.45) is 0 Å². The van der Waals surface area contributed by atoms with Gasteiger partial charge in [-0.3, -0.25) is 0 Å². The number of nitrogens with zero attached hydrogens (tertiary/aromatic N) is 4. The quantitative estimate of drug-likeness (QED) is 0.176. The van der Waals surface area contributed by atoms with Crippen molar-refractivity contribution in [2.45, 2.75) is 0 Å². The van der Waals surface area contributed by atoms with Crippen LogP contribution in [0.15, 0.2) is 186 Å². The summed E-state index contributed by atoms with van der Waals surface area (Å²) < 4.78 is 11.9. The molecule has 4 aromatic heterocycles. The second kappa shape index (κ2) is 12.6. The van der Waals surface area contributed by atoms with Crippen LogP contribution in [0.1, 0.15) is 0 Å². The molecule has 12 rings (SSSR count). The summed E-state index contributed by atoms with van der Waals surface area (Å²) >= 11 is 1.86. The lowest BCUT2D eigenvalue weighted by Gasteiger charge is -2.13. The molecular formula is C51H30N4OS. The number of rotatable bonds is 5. The molecule has 0 aliphatic heterocycles. The third-order valence-electron chi connectivity index (χ3n) is 11.0. The number of para-hydroxylation sites is 1. The number of fused-ring (bicyclic) bond motifs is 10. The molecule has 0 aliphatic rings.